The summed E-state index contributed by atoms with van der Waals surface area (Å²) in [5.41, 5.74) is 20.2. The summed E-state index contributed by atoms with van der Waals surface area (Å²) < 4.78 is 0. The fourth-order valence-corrected chi connectivity index (χ4v) is 1.95. The SMILES string of the molecule is NC(=O)CC[C@H](N)C(=O)O.NCCCC[C@H](N)C(=O)O.O=C(O)[C@@H]1CCCN1. The Morgan fingerprint density at radius 1 is 0.964 bits per heavy atom. The van der Waals surface area contributed by atoms with Crippen LogP contribution in [0.25, 0.3) is 0 Å². The molecule has 0 spiro atoms. The largest absolute Gasteiger partial charge is 0.480 e. The number of carbonyl (C=O) groups is 4. The highest BCUT2D eigenvalue weighted by atomic mass is 16.4. The lowest BCUT2D eigenvalue weighted by atomic mass is 10.1. The maximum Gasteiger partial charge on any atom is 0.320 e. The molecule has 12 N–H and O–H groups in total. The Hall–Kier alpha value is -2.28. The van der Waals surface area contributed by atoms with Crippen molar-refractivity contribution in [3.05, 3.63) is 0 Å². The molecule has 12 heteroatoms. The number of carboxylic acid groups (broad SMARTS) is 3. The van der Waals surface area contributed by atoms with Crippen molar-refractivity contribution in [2.45, 2.75) is 63.1 Å². The third kappa shape index (κ3) is 17.1. The van der Waals surface area contributed by atoms with Crippen molar-refractivity contribution in [2.24, 2.45) is 22.9 Å². The molecule has 0 aromatic heterocycles. The molecule has 0 aromatic rings. The molecule has 28 heavy (non-hydrogen) atoms. The van der Waals surface area contributed by atoms with Crippen LogP contribution in [-0.4, -0.2) is 70.3 Å². The van der Waals surface area contributed by atoms with Gasteiger partial charge in [-0.15, -0.1) is 0 Å². The lowest BCUT2D eigenvalue weighted by molar-refractivity contribution is -0.139. The Morgan fingerprint density at radius 2 is 1.50 bits per heavy atom. The molecule has 1 rings (SSSR count). The number of amides is 1. The van der Waals surface area contributed by atoms with Gasteiger partial charge in [-0.2, -0.15) is 0 Å². The number of nitrogens with two attached hydrogens (primary N) is 4. The standard InChI is InChI=1S/C6H14N2O2.C5H10N2O3.C5H9NO2/c7-4-2-1-3-5(8)6(9)10;6-3(5(9)10)1-2-4(7)8;7-5(8)4-2-1-3-6-4/h5H,1-4,7-8H2,(H,9,10);3H,1-2,6H2,(H2,7,8)(H,9,10);4,6H,1-3H2,(H,7,8)/t5-;3-;4-/m000/s1. The molecule has 0 radical (unpaired) electrons. The van der Waals surface area contributed by atoms with Gasteiger partial charge in [0, 0.05) is 6.42 Å². The van der Waals surface area contributed by atoms with Gasteiger partial charge < -0.3 is 43.6 Å². The number of primary amides is 1. The highest BCUT2D eigenvalue weighted by Crippen LogP contribution is 2.03. The quantitative estimate of drug-likeness (QED) is 0.184. The third-order valence-electron chi connectivity index (χ3n) is 3.66. The van der Waals surface area contributed by atoms with Crippen LogP contribution in [0.3, 0.4) is 0 Å². The summed E-state index contributed by atoms with van der Waals surface area (Å²) in [5.74, 6) is -3.29. The Balaban J connectivity index is 0. The summed E-state index contributed by atoms with van der Waals surface area (Å²) in [4.78, 5) is 40.4. The molecule has 1 amide bonds. The van der Waals surface area contributed by atoms with Gasteiger partial charge in [-0.1, -0.05) is 6.42 Å². The van der Waals surface area contributed by atoms with E-state index in [-0.39, 0.29) is 18.9 Å². The van der Waals surface area contributed by atoms with Crippen LogP contribution in [0, 0.1) is 0 Å². The fourth-order valence-electron chi connectivity index (χ4n) is 1.95. The molecular formula is C16H33N5O7. The van der Waals surface area contributed by atoms with Crippen molar-refractivity contribution in [1.82, 2.24) is 5.32 Å². The van der Waals surface area contributed by atoms with Gasteiger partial charge in [0.1, 0.15) is 18.1 Å². The number of aliphatic carboxylic acids is 3. The summed E-state index contributed by atoms with van der Waals surface area (Å²) in [6, 6.07) is -1.96. The first-order valence-corrected chi connectivity index (χ1v) is 8.94. The van der Waals surface area contributed by atoms with Crippen molar-refractivity contribution in [3.63, 3.8) is 0 Å². The van der Waals surface area contributed by atoms with E-state index in [4.69, 9.17) is 38.3 Å². The average Bonchev–Trinajstić information content (AvgIpc) is 3.15. The molecule has 1 saturated heterocycles. The van der Waals surface area contributed by atoms with Gasteiger partial charge in [0.15, 0.2) is 0 Å². The number of unbranched alkanes of at least 4 members (excludes halogenated alkanes) is 1. The minimum absolute atomic E-state index is 0.0213. The highest BCUT2D eigenvalue weighted by Gasteiger charge is 2.20. The predicted molar refractivity (Wildman–Crippen MR) is 101 cm³/mol. The molecule has 1 heterocycles. The van der Waals surface area contributed by atoms with E-state index in [0.29, 0.717) is 13.0 Å². The van der Waals surface area contributed by atoms with E-state index in [2.05, 4.69) is 5.32 Å². The Morgan fingerprint density at radius 3 is 1.82 bits per heavy atom. The lowest BCUT2D eigenvalue weighted by Crippen LogP contribution is -2.31. The molecule has 3 atom stereocenters. The molecule has 1 aliphatic rings. The van der Waals surface area contributed by atoms with Crippen LogP contribution in [0.2, 0.25) is 0 Å². The minimum Gasteiger partial charge on any atom is -0.480 e. The molecule has 0 aliphatic carbocycles. The zero-order chi connectivity index (χ0) is 22.1. The van der Waals surface area contributed by atoms with Gasteiger partial charge in [0.05, 0.1) is 0 Å². The highest BCUT2D eigenvalue weighted by molar-refractivity contribution is 5.77. The number of hydrogen-bond acceptors (Lipinski definition) is 8. The van der Waals surface area contributed by atoms with Gasteiger partial charge >= 0.3 is 17.9 Å². The van der Waals surface area contributed by atoms with Crippen molar-refractivity contribution in [3.8, 4) is 0 Å². The molecule has 0 aromatic carbocycles. The summed E-state index contributed by atoms with van der Waals surface area (Å²) in [6.07, 6.45) is 4.07. The maximum absolute atomic E-state index is 10.1. The van der Waals surface area contributed by atoms with E-state index >= 15 is 0 Å². The van der Waals surface area contributed by atoms with Crippen LogP contribution in [0.5, 0.6) is 0 Å². The van der Waals surface area contributed by atoms with Gasteiger partial charge in [-0.25, -0.2) is 0 Å². The number of carbonyl (C=O) groups excluding carboxylic acids is 1. The predicted octanol–water partition coefficient (Wildman–Crippen LogP) is -1.99. The fraction of sp³-hybridized carbons (Fsp3) is 0.750. The maximum atomic E-state index is 10.1. The van der Waals surface area contributed by atoms with E-state index in [1.807, 2.05) is 0 Å². The summed E-state index contributed by atoms with van der Waals surface area (Å²) in [5, 5.41) is 27.8. The van der Waals surface area contributed by atoms with E-state index in [0.717, 1.165) is 32.2 Å². The lowest BCUT2D eigenvalue weighted by Gasteiger charge is -2.03. The van der Waals surface area contributed by atoms with Crippen LogP contribution in [-0.2, 0) is 19.2 Å². The van der Waals surface area contributed by atoms with Gasteiger partial charge in [0.25, 0.3) is 0 Å². The monoisotopic (exact) mass is 407 g/mol. The molecule has 1 aliphatic heterocycles. The van der Waals surface area contributed by atoms with E-state index < -0.39 is 35.9 Å². The third-order valence-corrected chi connectivity index (χ3v) is 3.66. The minimum atomic E-state index is -1.11. The van der Waals surface area contributed by atoms with Crippen LogP contribution < -0.4 is 28.3 Å². The number of hydrogen-bond donors (Lipinski definition) is 8. The molecular weight excluding hydrogens is 374 g/mol. The second-order valence-electron chi connectivity index (χ2n) is 6.17. The van der Waals surface area contributed by atoms with Crippen molar-refractivity contribution in [2.75, 3.05) is 13.1 Å². The van der Waals surface area contributed by atoms with E-state index in [1.165, 1.54) is 0 Å². The molecule has 12 nitrogen and oxygen atoms in total. The second-order valence-corrected chi connectivity index (χ2v) is 6.17. The van der Waals surface area contributed by atoms with Crippen molar-refractivity contribution >= 4 is 23.8 Å². The van der Waals surface area contributed by atoms with E-state index in [1.54, 1.807) is 0 Å². The van der Waals surface area contributed by atoms with Gasteiger partial charge in [-0.3, -0.25) is 19.2 Å². The topological polar surface area (TPSA) is 245 Å². The van der Waals surface area contributed by atoms with Crippen LogP contribution in [0.4, 0.5) is 0 Å². The first kappa shape index (κ1) is 27.9. The molecule has 0 saturated carbocycles. The van der Waals surface area contributed by atoms with Crippen LogP contribution in [0.1, 0.15) is 44.9 Å². The number of nitrogens with one attached hydrogen (secondary N) is 1. The Bertz CT molecular complexity index is 484. The zero-order valence-electron chi connectivity index (χ0n) is 15.9. The molecule has 1 fully saturated rings. The summed E-state index contributed by atoms with van der Waals surface area (Å²) >= 11 is 0. The zero-order valence-corrected chi connectivity index (χ0v) is 15.9. The summed E-state index contributed by atoms with van der Waals surface area (Å²) in [7, 11) is 0. The summed E-state index contributed by atoms with van der Waals surface area (Å²) in [6.45, 7) is 1.46. The van der Waals surface area contributed by atoms with Crippen molar-refractivity contribution < 1.29 is 34.5 Å². The smallest absolute Gasteiger partial charge is 0.320 e. The molecule has 164 valence electrons. The number of carboxylic acids is 3. The van der Waals surface area contributed by atoms with Crippen molar-refractivity contribution in [1.29, 1.82) is 0 Å². The normalized spacial score (nSPS) is 17.2. The molecule has 0 bridgehead atoms. The van der Waals surface area contributed by atoms with Crippen LogP contribution >= 0.6 is 0 Å². The Kier molecular flexibility index (Phi) is 16.8. The van der Waals surface area contributed by atoms with E-state index in [9.17, 15) is 19.2 Å². The Labute approximate surface area is 163 Å². The van der Waals surface area contributed by atoms with Gasteiger partial charge in [-0.05, 0) is 45.2 Å². The van der Waals surface area contributed by atoms with Crippen LogP contribution in [0.15, 0.2) is 0 Å². The van der Waals surface area contributed by atoms with Gasteiger partial charge in [0.2, 0.25) is 5.91 Å². The number of rotatable bonds is 10. The average molecular weight is 407 g/mol. The first-order valence-electron chi connectivity index (χ1n) is 8.94. The molecule has 0 unspecified atom stereocenters. The second kappa shape index (κ2) is 16.9. The first-order chi connectivity index (χ1) is 13.0.